The molecule has 2 N–H and O–H groups in total. The predicted octanol–water partition coefficient (Wildman–Crippen LogP) is 9.05. The molecule has 0 aliphatic carbocycles. The van der Waals surface area contributed by atoms with Gasteiger partial charge in [0, 0.05) is 13.2 Å². The predicted molar refractivity (Wildman–Crippen MR) is 218 cm³/mol. The molecule has 0 atom stereocenters. The summed E-state index contributed by atoms with van der Waals surface area (Å²) in [5, 5.41) is 18.1. The molecule has 0 unspecified atom stereocenters. The first-order chi connectivity index (χ1) is 18.6. The number of rotatable bonds is 23. The Morgan fingerprint density at radius 2 is 0.609 bits per heavy atom. The van der Waals surface area contributed by atoms with E-state index in [1.165, 1.54) is 0 Å². The molecule has 0 rings (SSSR count). The van der Waals surface area contributed by atoms with E-state index in [2.05, 4.69) is 105 Å². The third-order valence-corrected chi connectivity index (χ3v) is 36.9. The zero-order valence-electron chi connectivity index (χ0n) is 29.8. The van der Waals surface area contributed by atoms with Crippen LogP contribution in [0, 0.1) is 0 Å². The van der Waals surface area contributed by atoms with E-state index in [0.29, 0.717) is 13.2 Å². The molecule has 286 valence electrons. The van der Waals surface area contributed by atoms with Crippen LogP contribution in [0.15, 0.2) is 0 Å². The van der Waals surface area contributed by atoms with E-state index in [9.17, 15) is 5.11 Å². The molecule has 0 radical (unpaired) electrons. The second-order valence-electron chi connectivity index (χ2n) is 14.9. The van der Waals surface area contributed by atoms with Crippen LogP contribution in [0.5, 0.6) is 0 Å². The third-order valence-electron chi connectivity index (χ3n) is 5.74. The molecule has 10 nitrogen and oxygen atoms in total. The van der Waals surface area contributed by atoms with Crippen LogP contribution in [0.4, 0.5) is 0 Å². The van der Waals surface area contributed by atoms with Crippen molar-refractivity contribution in [1.29, 1.82) is 0 Å². The van der Waals surface area contributed by atoms with Crippen molar-refractivity contribution >= 4 is 68.0 Å². The topological polar surface area (TPSA) is 114 Å². The highest BCUT2D eigenvalue weighted by molar-refractivity contribution is 6.92. The van der Waals surface area contributed by atoms with Crippen molar-refractivity contribution in [3.63, 3.8) is 0 Å². The minimum atomic E-state index is -2.63. The van der Waals surface area contributed by atoms with Crippen molar-refractivity contribution in [3.05, 3.63) is 0 Å². The molecule has 0 aromatic carbocycles. The highest BCUT2D eigenvalue weighted by Gasteiger charge is 2.49. The van der Waals surface area contributed by atoms with E-state index in [1.54, 1.807) is 0 Å². The fourth-order valence-electron chi connectivity index (χ4n) is 5.79. The Labute approximate surface area is 296 Å². The third kappa shape index (κ3) is 28.1. The lowest BCUT2D eigenvalue weighted by Crippen LogP contribution is -2.61. The van der Waals surface area contributed by atoms with Crippen LogP contribution in [0.2, 0.25) is 117 Å². The van der Waals surface area contributed by atoms with E-state index in [-0.39, 0.29) is 42.9 Å². The Balaban J connectivity index is -0.00000140. The van der Waals surface area contributed by atoms with E-state index in [1.807, 2.05) is 0 Å². The zero-order valence-corrected chi connectivity index (χ0v) is 37.8. The summed E-state index contributed by atoms with van der Waals surface area (Å²) in [4.78, 5) is 0. The highest BCUT2D eigenvalue weighted by atomic mass is 28.5. The molecule has 0 fully saturated rings. The van der Waals surface area contributed by atoms with Crippen molar-refractivity contribution in [1.82, 2.24) is 0 Å². The average Bonchev–Trinajstić information content (AvgIpc) is 2.65. The van der Waals surface area contributed by atoms with E-state index < -0.39 is 68.0 Å². The highest BCUT2D eigenvalue weighted by Crippen LogP contribution is 2.30. The summed E-state index contributed by atoms with van der Waals surface area (Å²) in [7, 11) is -19.3. The van der Waals surface area contributed by atoms with Gasteiger partial charge in [0.15, 0.2) is 16.6 Å². The summed E-state index contributed by atoms with van der Waals surface area (Å²) in [6, 6.07) is 1.87. The van der Waals surface area contributed by atoms with Gasteiger partial charge in [-0.3, -0.25) is 0 Å². The summed E-state index contributed by atoms with van der Waals surface area (Å²) in [5.74, 6) is 0. The Morgan fingerprint density at radius 3 is 0.870 bits per heavy atom. The van der Waals surface area contributed by atoms with Crippen LogP contribution < -0.4 is 0 Å². The normalized spacial score (nSPS) is 13.7. The van der Waals surface area contributed by atoms with Crippen molar-refractivity contribution in [3.8, 4) is 0 Å². The van der Waals surface area contributed by atoms with Gasteiger partial charge in [0.25, 0.3) is 0 Å². The van der Waals surface area contributed by atoms with Crippen molar-refractivity contribution < 1.29 is 43.8 Å². The van der Waals surface area contributed by atoms with Crippen LogP contribution in [-0.4, -0.2) is 105 Å². The second-order valence-corrected chi connectivity index (χ2v) is 45.5. The number of ether oxygens (including phenoxy) is 1. The number of hydrogen-bond donors (Lipinski definition) is 2. The summed E-state index contributed by atoms with van der Waals surface area (Å²) in [6.45, 7) is 35.0. The second kappa shape index (κ2) is 22.3. The van der Waals surface area contributed by atoms with Gasteiger partial charge >= 0.3 is 51.4 Å². The minimum absolute atomic E-state index is 0. The maximum atomic E-state index is 9.26. The van der Waals surface area contributed by atoms with Crippen LogP contribution in [0.3, 0.4) is 0 Å². The first-order valence-corrected chi connectivity index (χ1v) is 38.4. The van der Waals surface area contributed by atoms with Crippen molar-refractivity contribution in [2.75, 3.05) is 26.4 Å². The van der Waals surface area contributed by atoms with Gasteiger partial charge in [0.2, 0.25) is 0 Å². The van der Waals surface area contributed by atoms with E-state index in [0.717, 1.165) is 24.9 Å². The number of hydrogen-bond acceptors (Lipinski definition) is 10. The number of aliphatic hydroxyl groups excluding tert-OH is 2. The maximum Gasteiger partial charge on any atom is 0.314 e. The van der Waals surface area contributed by atoms with Gasteiger partial charge in [-0.1, -0.05) is 29.7 Å². The van der Waals surface area contributed by atoms with Gasteiger partial charge in [0.1, 0.15) is 0 Å². The molecular formula is C28H82O10Si8. The molecule has 0 aliphatic rings. The lowest BCUT2D eigenvalue weighted by atomic mass is 10.5. The maximum absolute atomic E-state index is 9.26. The summed E-state index contributed by atoms with van der Waals surface area (Å²) < 4.78 is 52.2. The van der Waals surface area contributed by atoms with E-state index >= 15 is 0 Å². The SMILES string of the molecule is C.C.C.C.C[Si](C)(CCCO)O[Si](C)(C)O[Si](C)(C)O[Si](C)(C)O[Si](C)(C)O[Si](C)(C)O[Si](C)(C)O[Si](C)(C)CCCOCCO. The van der Waals surface area contributed by atoms with Gasteiger partial charge in [-0.2, -0.15) is 0 Å². The molecule has 0 aliphatic heterocycles. The Hall–Kier alpha value is 1.34. The molecule has 0 saturated carbocycles. The van der Waals surface area contributed by atoms with Gasteiger partial charge in [-0.15, -0.1) is 0 Å². The molecule has 0 spiro atoms. The Kier molecular flexibility index (Phi) is 27.5. The zero-order chi connectivity index (χ0) is 33.3. The van der Waals surface area contributed by atoms with Crippen molar-refractivity contribution in [2.24, 2.45) is 0 Å². The lowest BCUT2D eigenvalue weighted by Gasteiger charge is -2.44. The molecule has 0 heterocycles. The lowest BCUT2D eigenvalue weighted by molar-refractivity contribution is 0.0923. The molecule has 18 heteroatoms. The molecule has 0 aromatic rings. The summed E-state index contributed by atoms with van der Waals surface area (Å²) >= 11 is 0. The molecule has 0 saturated heterocycles. The van der Waals surface area contributed by atoms with Gasteiger partial charge < -0.3 is 43.8 Å². The standard InChI is InChI=1S/C24H66O10Si8.4CH4/c1-35(2,23-17-19-25)28-37(5,6)30-39(9,10)32-41(13,14)34-42(15,16)33-40(11,12)31-38(7,8)29-36(3,4)24-18-21-27-22-20-26;;;;/h25-26H,17-24H2,1-16H3;4*1H4. The first kappa shape index (κ1) is 56.7. The van der Waals surface area contributed by atoms with Gasteiger partial charge in [0.05, 0.1) is 13.2 Å². The molecule has 0 amide bonds. The molecular weight excluding hydrogens is 721 g/mol. The van der Waals surface area contributed by atoms with Crippen LogP contribution in [0.1, 0.15) is 42.5 Å². The smallest absolute Gasteiger partial charge is 0.314 e. The van der Waals surface area contributed by atoms with Gasteiger partial charge in [-0.25, -0.2) is 0 Å². The Morgan fingerprint density at radius 1 is 0.348 bits per heavy atom. The van der Waals surface area contributed by atoms with E-state index in [4.69, 9.17) is 38.6 Å². The largest absolute Gasteiger partial charge is 0.436 e. The minimum Gasteiger partial charge on any atom is -0.436 e. The average molecular weight is 804 g/mol. The Bertz CT molecular complexity index is 798. The number of aliphatic hydroxyl groups is 2. The van der Waals surface area contributed by atoms with Crippen molar-refractivity contribution in [2.45, 2.75) is 159 Å². The van der Waals surface area contributed by atoms with Crippen LogP contribution in [-0.2, 0) is 33.5 Å². The van der Waals surface area contributed by atoms with Crippen LogP contribution in [0.25, 0.3) is 0 Å². The molecule has 46 heavy (non-hydrogen) atoms. The fourth-order valence-corrected chi connectivity index (χ4v) is 46.2. The summed E-state index contributed by atoms with van der Waals surface area (Å²) in [5.41, 5.74) is 0. The first-order valence-electron chi connectivity index (χ1n) is 15.3. The molecule has 0 aromatic heterocycles. The van der Waals surface area contributed by atoms with Gasteiger partial charge in [-0.05, 0) is 130 Å². The summed E-state index contributed by atoms with van der Waals surface area (Å²) in [6.07, 6.45) is 1.66. The monoisotopic (exact) mass is 802 g/mol. The van der Waals surface area contributed by atoms with Crippen LogP contribution >= 0.6 is 0 Å². The molecule has 0 bridgehead atoms. The fraction of sp³-hybridized carbons (Fsp3) is 1.00. The quantitative estimate of drug-likeness (QED) is 0.0767.